The maximum Gasteiger partial charge on any atom is 0.0462 e. The van der Waals surface area contributed by atoms with Gasteiger partial charge < -0.3 is 10.1 Å². The smallest absolute Gasteiger partial charge is 0.0462 e. The first kappa shape index (κ1) is 12.2. The van der Waals surface area contributed by atoms with Gasteiger partial charge in [-0.25, -0.2) is 0 Å². The van der Waals surface area contributed by atoms with Gasteiger partial charge in [0.2, 0.25) is 0 Å². The van der Waals surface area contributed by atoms with Crippen molar-refractivity contribution in [3.63, 3.8) is 0 Å². The molecule has 0 saturated heterocycles. The van der Waals surface area contributed by atoms with Crippen molar-refractivity contribution in [3.05, 3.63) is 35.9 Å². The third-order valence-corrected chi connectivity index (χ3v) is 2.37. The van der Waals surface area contributed by atoms with Crippen LogP contribution in [0.1, 0.15) is 24.8 Å². The van der Waals surface area contributed by atoms with Crippen molar-refractivity contribution in [3.8, 4) is 0 Å². The molecular formula is C13H21NO. The summed E-state index contributed by atoms with van der Waals surface area (Å²) in [4.78, 5) is 0. The van der Waals surface area contributed by atoms with E-state index < -0.39 is 0 Å². The molecule has 0 spiro atoms. The van der Waals surface area contributed by atoms with Crippen molar-refractivity contribution in [1.29, 1.82) is 0 Å². The molecule has 0 radical (unpaired) electrons. The number of methoxy groups -OCH3 is 1. The molecule has 1 aromatic rings. The van der Waals surface area contributed by atoms with E-state index in [-0.39, 0.29) is 0 Å². The third kappa shape index (κ3) is 6.26. The molecule has 0 bridgehead atoms. The van der Waals surface area contributed by atoms with E-state index in [2.05, 4.69) is 29.6 Å². The van der Waals surface area contributed by atoms with Gasteiger partial charge in [-0.15, -0.1) is 0 Å². The highest BCUT2D eigenvalue weighted by Crippen LogP contribution is 1.98. The molecule has 1 rings (SSSR count). The Labute approximate surface area is 92.6 Å². The first-order valence-electron chi connectivity index (χ1n) is 5.67. The minimum atomic E-state index is 0.888. The highest BCUT2D eigenvalue weighted by molar-refractivity contribution is 5.14. The summed E-state index contributed by atoms with van der Waals surface area (Å²) >= 11 is 0. The average molecular weight is 207 g/mol. The van der Waals surface area contributed by atoms with E-state index in [1.807, 2.05) is 6.07 Å². The molecule has 15 heavy (non-hydrogen) atoms. The topological polar surface area (TPSA) is 21.3 Å². The first-order chi connectivity index (χ1) is 7.43. The Hall–Kier alpha value is -0.860. The Bertz CT molecular complexity index is 236. The standard InChI is InChI=1S/C13H21NO/c1-15-11-7-3-6-10-14-12-13-8-4-2-5-9-13/h2,4-5,8-9,14H,3,6-7,10-12H2,1H3. The van der Waals surface area contributed by atoms with Gasteiger partial charge in [0, 0.05) is 20.3 Å². The molecule has 0 unspecified atom stereocenters. The van der Waals surface area contributed by atoms with E-state index in [1.54, 1.807) is 7.11 Å². The van der Waals surface area contributed by atoms with Crippen molar-refractivity contribution in [2.75, 3.05) is 20.3 Å². The minimum absolute atomic E-state index is 0.888. The number of rotatable bonds is 8. The van der Waals surface area contributed by atoms with Crippen molar-refractivity contribution in [2.45, 2.75) is 25.8 Å². The maximum absolute atomic E-state index is 5.00. The second-order valence-electron chi connectivity index (χ2n) is 3.72. The number of benzene rings is 1. The predicted octanol–water partition coefficient (Wildman–Crippen LogP) is 2.59. The van der Waals surface area contributed by atoms with Gasteiger partial charge in [-0.2, -0.15) is 0 Å². The van der Waals surface area contributed by atoms with Crippen LogP contribution in [0.3, 0.4) is 0 Å². The molecule has 0 aliphatic heterocycles. The average Bonchev–Trinajstić information content (AvgIpc) is 2.29. The van der Waals surface area contributed by atoms with E-state index in [0.29, 0.717) is 0 Å². The van der Waals surface area contributed by atoms with Gasteiger partial charge in [-0.05, 0) is 31.4 Å². The Balaban J connectivity index is 1.93. The van der Waals surface area contributed by atoms with Crippen molar-refractivity contribution in [2.24, 2.45) is 0 Å². The lowest BCUT2D eigenvalue weighted by Crippen LogP contribution is -2.14. The highest BCUT2D eigenvalue weighted by Gasteiger charge is 1.91. The SMILES string of the molecule is COCCCCCNCc1ccccc1. The molecule has 0 amide bonds. The zero-order valence-corrected chi connectivity index (χ0v) is 9.54. The molecule has 2 heteroatoms. The molecule has 84 valence electrons. The monoisotopic (exact) mass is 207 g/mol. The van der Waals surface area contributed by atoms with Crippen LogP contribution < -0.4 is 5.32 Å². The molecule has 0 aromatic heterocycles. The second-order valence-corrected chi connectivity index (χ2v) is 3.72. The third-order valence-electron chi connectivity index (χ3n) is 2.37. The van der Waals surface area contributed by atoms with Gasteiger partial charge in [0.15, 0.2) is 0 Å². The molecule has 0 aliphatic rings. The number of nitrogens with one attached hydrogen (secondary N) is 1. The summed E-state index contributed by atoms with van der Waals surface area (Å²) in [6, 6.07) is 10.5. The summed E-state index contributed by atoms with van der Waals surface area (Å²) in [5.74, 6) is 0. The normalized spacial score (nSPS) is 10.5. The number of ether oxygens (including phenoxy) is 1. The van der Waals surface area contributed by atoms with Crippen LogP contribution in [0.5, 0.6) is 0 Å². The van der Waals surface area contributed by atoms with Crippen molar-refractivity contribution >= 4 is 0 Å². The quantitative estimate of drug-likeness (QED) is 0.662. The van der Waals surface area contributed by atoms with Gasteiger partial charge in [-0.1, -0.05) is 30.3 Å². The van der Waals surface area contributed by atoms with E-state index in [0.717, 1.165) is 19.7 Å². The Kier molecular flexibility index (Phi) is 6.88. The lowest BCUT2D eigenvalue weighted by atomic mass is 10.2. The van der Waals surface area contributed by atoms with E-state index in [1.165, 1.54) is 24.8 Å². The van der Waals surface area contributed by atoms with Gasteiger partial charge >= 0.3 is 0 Å². The Morgan fingerprint density at radius 1 is 1.07 bits per heavy atom. The fourth-order valence-electron chi connectivity index (χ4n) is 1.50. The molecule has 0 fully saturated rings. The predicted molar refractivity (Wildman–Crippen MR) is 63.9 cm³/mol. The van der Waals surface area contributed by atoms with Gasteiger partial charge in [0.25, 0.3) is 0 Å². The zero-order valence-electron chi connectivity index (χ0n) is 9.54. The lowest BCUT2D eigenvalue weighted by Gasteiger charge is -2.04. The largest absolute Gasteiger partial charge is 0.385 e. The highest BCUT2D eigenvalue weighted by atomic mass is 16.5. The summed E-state index contributed by atoms with van der Waals surface area (Å²) in [5, 5.41) is 3.44. The van der Waals surface area contributed by atoms with Crippen molar-refractivity contribution < 1.29 is 4.74 Å². The zero-order chi connectivity index (χ0) is 10.8. The molecule has 1 N–H and O–H groups in total. The summed E-state index contributed by atoms with van der Waals surface area (Å²) in [6.45, 7) is 2.96. The number of hydrogen-bond acceptors (Lipinski definition) is 2. The molecule has 1 aromatic carbocycles. The molecule has 0 heterocycles. The van der Waals surface area contributed by atoms with Crippen LogP contribution in [-0.4, -0.2) is 20.3 Å². The minimum Gasteiger partial charge on any atom is -0.385 e. The first-order valence-corrected chi connectivity index (χ1v) is 5.67. The van der Waals surface area contributed by atoms with Crippen LogP contribution in [0, 0.1) is 0 Å². The number of unbranched alkanes of at least 4 members (excludes halogenated alkanes) is 2. The van der Waals surface area contributed by atoms with Crippen LogP contribution in [0.25, 0.3) is 0 Å². The molecular weight excluding hydrogens is 186 g/mol. The van der Waals surface area contributed by atoms with Gasteiger partial charge in [0.1, 0.15) is 0 Å². The van der Waals surface area contributed by atoms with E-state index >= 15 is 0 Å². The van der Waals surface area contributed by atoms with Crippen LogP contribution >= 0.6 is 0 Å². The van der Waals surface area contributed by atoms with Crippen LogP contribution in [0.15, 0.2) is 30.3 Å². The molecule has 2 nitrogen and oxygen atoms in total. The Morgan fingerprint density at radius 3 is 2.60 bits per heavy atom. The summed E-state index contributed by atoms with van der Waals surface area (Å²) < 4.78 is 5.00. The molecule has 0 atom stereocenters. The van der Waals surface area contributed by atoms with E-state index in [9.17, 15) is 0 Å². The second kappa shape index (κ2) is 8.45. The van der Waals surface area contributed by atoms with Crippen molar-refractivity contribution in [1.82, 2.24) is 5.32 Å². The van der Waals surface area contributed by atoms with Gasteiger partial charge in [0.05, 0.1) is 0 Å². The van der Waals surface area contributed by atoms with Crippen LogP contribution in [-0.2, 0) is 11.3 Å². The van der Waals surface area contributed by atoms with Crippen LogP contribution in [0.4, 0.5) is 0 Å². The fourth-order valence-corrected chi connectivity index (χ4v) is 1.50. The summed E-state index contributed by atoms with van der Waals surface area (Å²) in [5.41, 5.74) is 1.36. The summed E-state index contributed by atoms with van der Waals surface area (Å²) in [7, 11) is 1.76. The Morgan fingerprint density at radius 2 is 1.87 bits per heavy atom. The fraction of sp³-hybridized carbons (Fsp3) is 0.538. The number of hydrogen-bond donors (Lipinski definition) is 1. The summed E-state index contributed by atoms with van der Waals surface area (Å²) in [6.07, 6.45) is 3.65. The maximum atomic E-state index is 5.00. The molecule has 0 saturated carbocycles. The van der Waals surface area contributed by atoms with Crippen LogP contribution in [0.2, 0.25) is 0 Å². The van der Waals surface area contributed by atoms with E-state index in [4.69, 9.17) is 4.74 Å². The molecule has 0 aliphatic carbocycles. The van der Waals surface area contributed by atoms with Gasteiger partial charge in [-0.3, -0.25) is 0 Å². The lowest BCUT2D eigenvalue weighted by molar-refractivity contribution is 0.192.